The number of halogens is 1. The van der Waals surface area contributed by atoms with E-state index in [2.05, 4.69) is 20.6 Å². The molecule has 0 saturated heterocycles. The quantitative estimate of drug-likeness (QED) is 0.209. The molecule has 0 bridgehead atoms. The number of hydrogen-bond acceptors (Lipinski definition) is 9. The van der Waals surface area contributed by atoms with E-state index in [0.29, 0.717) is 28.5 Å². The molecule has 0 fully saturated rings. The Morgan fingerprint density at radius 2 is 1.94 bits per heavy atom. The smallest absolute Gasteiger partial charge is 0.288 e. The molecule has 2 aromatic carbocycles. The molecular formula is C22H19ClN6O6. The zero-order valence-electron chi connectivity index (χ0n) is 18.6. The summed E-state index contributed by atoms with van der Waals surface area (Å²) in [5, 5.41) is 26.4. The highest BCUT2D eigenvalue weighted by Crippen LogP contribution is 2.32. The van der Waals surface area contributed by atoms with Gasteiger partial charge >= 0.3 is 0 Å². The molecule has 4 aromatic rings. The van der Waals surface area contributed by atoms with Crippen LogP contribution in [-0.4, -0.2) is 58.0 Å². The highest BCUT2D eigenvalue weighted by Gasteiger charge is 2.17. The van der Waals surface area contributed by atoms with Crippen LogP contribution in [0.3, 0.4) is 0 Å². The summed E-state index contributed by atoms with van der Waals surface area (Å²) >= 11 is 5.78. The van der Waals surface area contributed by atoms with Crippen LogP contribution in [0.5, 0.6) is 17.4 Å². The Morgan fingerprint density at radius 3 is 2.69 bits per heavy atom. The van der Waals surface area contributed by atoms with E-state index in [4.69, 9.17) is 25.8 Å². The van der Waals surface area contributed by atoms with Gasteiger partial charge in [0, 0.05) is 23.8 Å². The van der Waals surface area contributed by atoms with Crippen LogP contribution in [0.4, 0.5) is 5.69 Å². The molecule has 0 saturated carbocycles. The highest BCUT2D eigenvalue weighted by atomic mass is 35.5. The van der Waals surface area contributed by atoms with Crippen LogP contribution in [0.25, 0.3) is 17.0 Å². The topological polar surface area (TPSA) is 143 Å². The second kappa shape index (κ2) is 10.2. The maximum Gasteiger partial charge on any atom is 0.288 e. The van der Waals surface area contributed by atoms with Crippen LogP contribution < -0.4 is 19.5 Å². The number of aromatic nitrogens is 4. The fraction of sp³-hybridized carbons (Fsp3) is 0.182. The number of ether oxygens (including phenoxy) is 3. The molecule has 0 atom stereocenters. The molecule has 12 nitrogen and oxygen atoms in total. The van der Waals surface area contributed by atoms with Crippen LogP contribution in [0.1, 0.15) is 10.4 Å². The molecule has 1 amide bonds. The van der Waals surface area contributed by atoms with E-state index in [1.54, 1.807) is 44.6 Å². The van der Waals surface area contributed by atoms with Gasteiger partial charge in [-0.05, 0) is 30.3 Å². The van der Waals surface area contributed by atoms with Crippen molar-refractivity contribution in [3.05, 3.63) is 69.2 Å². The predicted molar refractivity (Wildman–Crippen MR) is 125 cm³/mol. The molecule has 0 unspecified atom stereocenters. The normalized spacial score (nSPS) is 10.7. The lowest BCUT2D eigenvalue weighted by atomic mass is 10.2. The predicted octanol–water partition coefficient (Wildman–Crippen LogP) is 3.18. The van der Waals surface area contributed by atoms with Gasteiger partial charge in [-0.25, -0.2) is 0 Å². The number of carbonyl (C=O) groups excluding carboxylic acids is 1. The van der Waals surface area contributed by atoms with E-state index in [9.17, 15) is 14.9 Å². The number of hydrogen-bond donors (Lipinski definition) is 1. The third-order valence-corrected chi connectivity index (χ3v) is 5.25. The Morgan fingerprint density at radius 1 is 1.11 bits per heavy atom. The summed E-state index contributed by atoms with van der Waals surface area (Å²) in [6.07, 6.45) is 0. The Labute approximate surface area is 203 Å². The first-order valence-electron chi connectivity index (χ1n) is 10.2. The van der Waals surface area contributed by atoms with Gasteiger partial charge in [0.25, 0.3) is 11.6 Å². The van der Waals surface area contributed by atoms with Gasteiger partial charge in [0.15, 0.2) is 11.5 Å². The first-order chi connectivity index (χ1) is 16.9. The lowest BCUT2D eigenvalue weighted by Gasteiger charge is -2.10. The molecule has 180 valence electrons. The fourth-order valence-electron chi connectivity index (χ4n) is 3.22. The van der Waals surface area contributed by atoms with E-state index in [1.165, 1.54) is 16.6 Å². The molecule has 0 spiro atoms. The summed E-state index contributed by atoms with van der Waals surface area (Å²) in [6, 6.07) is 12.4. The van der Waals surface area contributed by atoms with Gasteiger partial charge in [-0.1, -0.05) is 11.6 Å². The number of fused-ring (bicyclic) bond motifs is 1. The van der Waals surface area contributed by atoms with Crippen molar-refractivity contribution in [1.82, 2.24) is 25.1 Å². The number of nitro groups is 1. The number of nitro benzene ring substituents is 1. The first kappa shape index (κ1) is 23.7. The SMILES string of the molecule is COc1ccc(-c2nnc3ccc(OCCNC(=O)c4ccc(Cl)c([N+](=O)[O-])c4)nn23)c(OC)c1. The standard InChI is InChI=1S/C22H19ClN6O6/c1-33-14-4-5-15(18(12-14)34-2)21-26-25-19-7-8-20(27-28(19)21)35-10-9-24-22(30)13-3-6-16(23)17(11-13)29(31)32/h3-8,11-12H,9-10H2,1-2H3,(H,24,30). The zero-order chi connectivity index (χ0) is 24.9. The summed E-state index contributed by atoms with van der Waals surface area (Å²) in [4.78, 5) is 22.7. The lowest BCUT2D eigenvalue weighted by Crippen LogP contribution is -2.28. The average molecular weight is 499 g/mol. The molecule has 4 rings (SSSR count). The molecule has 1 N–H and O–H groups in total. The molecule has 0 radical (unpaired) electrons. The van der Waals surface area contributed by atoms with Crippen molar-refractivity contribution in [2.75, 3.05) is 27.4 Å². The zero-order valence-corrected chi connectivity index (χ0v) is 19.4. The maximum atomic E-state index is 12.3. The van der Waals surface area contributed by atoms with E-state index >= 15 is 0 Å². The highest BCUT2D eigenvalue weighted by molar-refractivity contribution is 6.32. The van der Waals surface area contributed by atoms with Crippen LogP contribution in [0.15, 0.2) is 48.5 Å². The van der Waals surface area contributed by atoms with Crippen molar-refractivity contribution >= 4 is 28.8 Å². The Balaban J connectivity index is 1.43. The number of nitrogens with zero attached hydrogens (tertiary/aromatic N) is 5. The largest absolute Gasteiger partial charge is 0.497 e. The number of amides is 1. The van der Waals surface area contributed by atoms with Crippen molar-refractivity contribution < 1.29 is 23.9 Å². The van der Waals surface area contributed by atoms with Crippen LogP contribution in [-0.2, 0) is 0 Å². The number of rotatable bonds is 9. The number of carbonyl (C=O) groups is 1. The minimum Gasteiger partial charge on any atom is -0.497 e. The minimum atomic E-state index is -0.648. The summed E-state index contributed by atoms with van der Waals surface area (Å²) in [5.41, 5.74) is 0.937. The second-order valence-electron chi connectivity index (χ2n) is 7.06. The average Bonchev–Trinajstić information content (AvgIpc) is 3.29. The Kier molecular flexibility index (Phi) is 6.92. The van der Waals surface area contributed by atoms with Crippen LogP contribution >= 0.6 is 11.6 Å². The summed E-state index contributed by atoms with van der Waals surface area (Å²) in [6.45, 7) is 0.236. The van der Waals surface area contributed by atoms with Crippen molar-refractivity contribution in [3.8, 4) is 28.8 Å². The van der Waals surface area contributed by atoms with Gasteiger partial charge in [0.1, 0.15) is 23.1 Å². The third kappa shape index (κ3) is 5.06. The van der Waals surface area contributed by atoms with Gasteiger partial charge in [-0.2, -0.15) is 4.52 Å². The summed E-state index contributed by atoms with van der Waals surface area (Å²) in [7, 11) is 3.10. The number of benzene rings is 2. The summed E-state index contributed by atoms with van der Waals surface area (Å²) in [5.74, 6) is 1.40. The van der Waals surface area contributed by atoms with Crippen molar-refractivity contribution in [2.45, 2.75) is 0 Å². The lowest BCUT2D eigenvalue weighted by molar-refractivity contribution is -0.384. The van der Waals surface area contributed by atoms with Gasteiger partial charge < -0.3 is 19.5 Å². The third-order valence-electron chi connectivity index (χ3n) is 4.93. The van der Waals surface area contributed by atoms with Crippen molar-refractivity contribution in [1.29, 1.82) is 0 Å². The Bertz CT molecular complexity index is 1410. The van der Waals surface area contributed by atoms with E-state index in [-0.39, 0.29) is 35.3 Å². The molecule has 13 heteroatoms. The first-order valence-corrected chi connectivity index (χ1v) is 10.6. The van der Waals surface area contributed by atoms with Gasteiger partial charge in [-0.15, -0.1) is 15.3 Å². The van der Waals surface area contributed by atoms with Crippen LogP contribution in [0.2, 0.25) is 5.02 Å². The van der Waals surface area contributed by atoms with Crippen LogP contribution in [0, 0.1) is 10.1 Å². The van der Waals surface area contributed by atoms with E-state index < -0.39 is 10.8 Å². The number of nitrogens with one attached hydrogen (secondary N) is 1. The van der Waals surface area contributed by atoms with Crippen molar-refractivity contribution in [3.63, 3.8) is 0 Å². The van der Waals surface area contributed by atoms with Crippen molar-refractivity contribution in [2.24, 2.45) is 0 Å². The summed E-state index contributed by atoms with van der Waals surface area (Å²) < 4.78 is 17.9. The monoisotopic (exact) mass is 498 g/mol. The van der Waals surface area contributed by atoms with Gasteiger partial charge in [0.2, 0.25) is 5.88 Å². The molecule has 2 heterocycles. The van der Waals surface area contributed by atoms with Gasteiger partial charge in [-0.3, -0.25) is 14.9 Å². The van der Waals surface area contributed by atoms with E-state index in [1.807, 2.05) is 0 Å². The maximum absolute atomic E-state index is 12.3. The molecule has 0 aliphatic heterocycles. The molecule has 0 aliphatic carbocycles. The molecular weight excluding hydrogens is 480 g/mol. The number of methoxy groups -OCH3 is 2. The van der Waals surface area contributed by atoms with E-state index in [0.717, 1.165) is 6.07 Å². The minimum absolute atomic E-state index is 0.0445. The molecule has 35 heavy (non-hydrogen) atoms. The fourth-order valence-corrected chi connectivity index (χ4v) is 3.40. The molecule has 2 aromatic heterocycles. The van der Waals surface area contributed by atoms with Gasteiger partial charge in [0.05, 0.1) is 31.3 Å². The second-order valence-corrected chi connectivity index (χ2v) is 7.47. The molecule has 0 aliphatic rings. The Hall–Kier alpha value is -4.45.